The van der Waals surface area contributed by atoms with Gasteiger partial charge < -0.3 is 0 Å². The van der Waals surface area contributed by atoms with Crippen molar-refractivity contribution in [2.45, 2.75) is 0 Å². The van der Waals surface area contributed by atoms with Gasteiger partial charge in [0.15, 0.2) is 0 Å². The molecule has 2 aliphatic carbocycles. The van der Waals surface area contributed by atoms with Crippen LogP contribution in [-0.2, 0) is 0 Å². The molecule has 14 heavy (non-hydrogen) atoms. The first-order valence-electron chi connectivity index (χ1n) is 4.71. The Labute approximate surface area is 81.4 Å². The van der Waals surface area contributed by atoms with E-state index in [1.807, 2.05) is 24.3 Å². The van der Waals surface area contributed by atoms with Crippen molar-refractivity contribution in [3.05, 3.63) is 58.8 Å². The summed E-state index contributed by atoms with van der Waals surface area (Å²) >= 11 is 0. The predicted octanol–water partition coefficient (Wildman–Crippen LogP) is 1.67. The average molecular weight is 184 g/mol. The summed E-state index contributed by atoms with van der Waals surface area (Å²) in [6, 6.07) is 8.12. The van der Waals surface area contributed by atoms with E-state index < -0.39 is 0 Å². The second kappa shape index (κ2) is 2.68. The number of rotatable bonds is 0. The Hall–Kier alpha value is -1.63. The summed E-state index contributed by atoms with van der Waals surface area (Å²) in [7, 11) is 0. The Morgan fingerprint density at radius 3 is 2.93 bits per heavy atom. The minimum atomic E-state index is -0.152. The van der Waals surface area contributed by atoms with Crippen LogP contribution < -0.4 is 10.4 Å². The zero-order chi connectivity index (χ0) is 9.54. The predicted molar refractivity (Wildman–Crippen MR) is 55.4 cm³/mol. The van der Waals surface area contributed by atoms with Gasteiger partial charge >= 0.3 is 0 Å². The molecule has 1 aromatic carbocycles. The van der Waals surface area contributed by atoms with Crippen molar-refractivity contribution in [3.8, 4) is 0 Å². The molecule has 0 saturated heterocycles. The van der Waals surface area contributed by atoms with Crippen molar-refractivity contribution in [1.29, 1.82) is 0 Å². The van der Waals surface area contributed by atoms with Crippen LogP contribution >= 0.6 is 0 Å². The molecule has 1 heteroatoms. The first kappa shape index (κ1) is 7.74. The minimum Gasteiger partial charge on any atom is -0.207 e. The highest BCUT2D eigenvalue weighted by atomic mass is 19.1. The van der Waals surface area contributed by atoms with Gasteiger partial charge in [0.2, 0.25) is 0 Å². The van der Waals surface area contributed by atoms with Crippen LogP contribution in [0.3, 0.4) is 0 Å². The van der Waals surface area contributed by atoms with Crippen molar-refractivity contribution >= 4 is 11.6 Å². The lowest BCUT2D eigenvalue weighted by Crippen LogP contribution is -2.21. The number of allylic oxidation sites excluding steroid dienone is 4. The smallest absolute Gasteiger partial charge is 0.123 e. The third-order valence-electron chi connectivity index (χ3n) is 2.75. The SMILES string of the molecule is FC1=CC2=c3ccccc3=CC2C=C1. The van der Waals surface area contributed by atoms with E-state index in [9.17, 15) is 4.39 Å². The quantitative estimate of drug-likeness (QED) is 0.575. The molecule has 0 aromatic heterocycles. The molecule has 1 unspecified atom stereocenters. The lowest BCUT2D eigenvalue weighted by molar-refractivity contribution is 0.663. The Bertz CT molecular complexity index is 561. The molecule has 68 valence electrons. The van der Waals surface area contributed by atoms with Crippen LogP contribution in [0.1, 0.15) is 0 Å². The first-order chi connectivity index (χ1) is 6.84. The topological polar surface area (TPSA) is 0 Å². The van der Waals surface area contributed by atoms with Crippen LogP contribution in [0.2, 0.25) is 0 Å². The van der Waals surface area contributed by atoms with E-state index in [0.29, 0.717) is 0 Å². The number of halogens is 1. The second-order valence-corrected chi connectivity index (χ2v) is 3.62. The zero-order valence-electron chi connectivity index (χ0n) is 7.57. The van der Waals surface area contributed by atoms with Gasteiger partial charge in [0.25, 0.3) is 0 Å². The molecule has 0 bridgehead atoms. The molecule has 0 fully saturated rings. The van der Waals surface area contributed by atoms with Crippen LogP contribution in [0.25, 0.3) is 11.6 Å². The fraction of sp³-hybridized carbons (Fsp3) is 0.0769. The second-order valence-electron chi connectivity index (χ2n) is 3.62. The van der Waals surface area contributed by atoms with Gasteiger partial charge in [-0.3, -0.25) is 0 Å². The highest BCUT2D eigenvalue weighted by molar-refractivity contribution is 5.74. The van der Waals surface area contributed by atoms with Gasteiger partial charge in [-0.15, -0.1) is 0 Å². The molecule has 0 N–H and O–H groups in total. The highest BCUT2D eigenvalue weighted by Crippen LogP contribution is 2.25. The van der Waals surface area contributed by atoms with E-state index in [-0.39, 0.29) is 11.7 Å². The first-order valence-corrected chi connectivity index (χ1v) is 4.71. The summed E-state index contributed by atoms with van der Waals surface area (Å²) in [5.41, 5.74) is 1.08. The van der Waals surface area contributed by atoms with Crippen LogP contribution in [0.5, 0.6) is 0 Å². The Morgan fingerprint density at radius 2 is 2.00 bits per heavy atom. The van der Waals surface area contributed by atoms with Crippen LogP contribution in [0.4, 0.5) is 4.39 Å². The maximum atomic E-state index is 13.1. The van der Waals surface area contributed by atoms with Gasteiger partial charge in [0, 0.05) is 5.92 Å². The lowest BCUT2D eigenvalue weighted by atomic mass is 9.96. The summed E-state index contributed by atoms with van der Waals surface area (Å²) in [4.78, 5) is 0. The number of fused-ring (bicyclic) bond motifs is 2. The normalized spacial score (nSPS) is 22.5. The van der Waals surface area contributed by atoms with E-state index in [4.69, 9.17) is 0 Å². The van der Waals surface area contributed by atoms with Crippen molar-refractivity contribution < 1.29 is 4.39 Å². The Kier molecular flexibility index (Phi) is 1.48. The molecule has 0 amide bonds. The third-order valence-corrected chi connectivity index (χ3v) is 2.75. The molecule has 0 aliphatic heterocycles. The standard InChI is InChI=1S/C13H9F/c14-11-6-5-10-7-9-3-1-2-4-12(9)13(10)8-11/h1-8,10H. The van der Waals surface area contributed by atoms with Gasteiger partial charge in [-0.05, 0) is 28.2 Å². The highest BCUT2D eigenvalue weighted by Gasteiger charge is 2.16. The van der Waals surface area contributed by atoms with Gasteiger partial charge in [-0.1, -0.05) is 36.4 Å². The number of hydrogen-bond donors (Lipinski definition) is 0. The molecule has 1 atom stereocenters. The zero-order valence-corrected chi connectivity index (χ0v) is 7.57. The van der Waals surface area contributed by atoms with Gasteiger partial charge in [0.05, 0.1) is 0 Å². The van der Waals surface area contributed by atoms with Crippen LogP contribution in [0, 0.1) is 5.92 Å². The maximum Gasteiger partial charge on any atom is 0.123 e. The van der Waals surface area contributed by atoms with Gasteiger partial charge in [-0.25, -0.2) is 4.39 Å². The number of benzene rings is 1. The Morgan fingerprint density at radius 1 is 1.14 bits per heavy atom. The van der Waals surface area contributed by atoms with E-state index in [1.54, 1.807) is 6.08 Å². The fourth-order valence-corrected chi connectivity index (χ4v) is 2.09. The molecule has 0 saturated carbocycles. The molecule has 3 rings (SSSR count). The molecule has 2 aliphatic rings. The summed E-state index contributed by atoms with van der Waals surface area (Å²) in [6.45, 7) is 0. The molecule has 0 radical (unpaired) electrons. The summed E-state index contributed by atoms with van der Waals surface area (Å²) in [5, 5.41) is 2.38. The molecule has 0 spiro atoms. The molecule has 1 aromatic rings. The lowest BCUT2D eigenvalue weighted by Gasteiger charge is -2.09. The van der Waals surface area contributed by atoms with Gasteiger partial charge in [-0.2, -0.15) is 0 Å². The molecular weight excluding hydrogens is 175 g/mol. The summed E-state index contributed by atoms with van der Waals surface area (Å²) in [6.07, 6.45) is 7.25. The summed E-state index contributed by atoms with van der Waals surface area (Å²) < 4.78 is 13.1. The minimum absolute atomic E-state index is 0.152. The van der Waals surface area contributed by atoms with Gasteiger partial charge in [0.1, 0.15) is 5.83 Å². The van der Waals surface area contributed by atoms with Crippen LogP contribution in [-0.4, -0.2) is 0 Å². The maximum absolute atomic E-state index is 13.1. The summed E-state index contributed by atoms with van der Waals surface area (Å²) in [5.74, 6) is 0.119. The van der Waals surface area contributed by atoms with E-state index >= 15 is 0 Å². The molecule has 0 heterocycles. The van der Waals surface area contributed by atoms with Crippen molar-refractivity contribution in [2.24, 2.45) is 5.92 Å². The average Bonchev–Trinajstić information content (AvgIpc) is 2.56. The van der Waals surface area contributed by atoms with E-state index in [2.05, 4.69) is 12.1 Å². The van der Waals surface area contributed by atoms with E-state index in [1.165, 1.54) is 11.3 Å². The largest absolute Gasteiger partial charge is 0.207 e. The third kappa shape index (κ3) is 0.987. The molecule has 0 nitrogen and oxygen atoms in total. The molecular formula is C13H9F. The van der Waals surface area contributed by atoms with Crippen molar-refractivity contribution in [1.82, 2.24) is 0 Å². The van der Waals surface area contributed by atoms with Crippen LogP contribution in [0.15, 0.2) is 48.3 Å². The monoisotopic (exact) mass is 184 g/mol. The van der Waals surface area contributed by atoms with Crippen molar-refractivity contribution in [2.75, 3.05) is 0 Å². The Balaban J connectivity index is 2.40. The van der Waals surface area contributed by atoms with Crippen molar-refractivity contribution in [3.63, 3.8) is 0 Å². The fourth-order valence-electron chi connectivity index (χ4n) is 2.09. The number of hydrogen-bond acceptors (Lipinski definition) is 0. The van der Waals surface area contributed by atoms with E-state index in [0.717, 1.165) is 10.8 Å².